The lowest BCUT2D eigenvalue weighted by Gasteiger charge is -2.18. The van der Waals surface area contributed by atoms with Crippen molar-refractivity contribution in [2.24, 2.45) is 0 Å². The zero-order chi connectivity index (χ0) is 13.0. The number of carbonyl (C=O) groups is 1. The molecule has 18 heavy (non-hydrogen) atoms. The van der Waals surface area contributed by atoms with Gasteiger partial charge < -0.3 is 15.0 Å². The maximum Gasteiger partial charge on any atom is 0.321 e. The molecule has 0 aliphatic carbocycles. The predicted octanol–water partition coefficient (Wildman–Crippen LogP) is 3.02. The highest BCUT2D eigenvalue weighted by atomic mass is 16.5. The Morgan fingerprint density at radius 2 is 2.11 bits per heavy atom. The first-order chi connectivity index (χ1) is 8.70. The van der Waals surface area contributed by atoms with E-state index in [0.717, 1.165) is 42.9 Å². The van der Waals surface area contributed by atoms with Crippen molar-refractivity contribution in [2.45, 2.75) is 26.7 Å². The normalized spacial score (nSPS) is 14.7. The summed E-state index contributed by atoms with van der Waals surface area (Å²) in [5.74, 6) is 0.741. The van der Waals surface area contributed by atoms with Gasteiger partial charge in [0.1, 0.15) is 5.75 Å². The highest BCUT2D eigenvalue weighted by molar-refractivity contribution is 5.91. The molecule has 1 fully saturated rings. The first-order valence-corrected chi connectivity index (χ1v) is 6.50. The van der Waals surface area contributed by atoms with Gasteiger partial charge in [0.25, 0.3) is 0 Å². The van der Waals surface area contributed by atoms with Crippen LogP contribution in [0.4, 0.5) is 10.5 Å². The maximum atomic E-state index is 12.0. The third-order valence-electron chi connectivity index (χ3n) is 3.07. The van der Waals surface area contributed by atoms with E-state index in [9.17, 15) is 4.79 Å². The molecule has 1 aromatic carbocycles. The van der Waals surface area contributed by atoms with E-state index in [4.69, 9.17) is 4.74 Å². The van der Waals surface area contributed by atoms with Gasteiger partial charge in [-0.15, -0.1) is 0 Å². The van der Waals surface area contributed by atoms with Crippen LogP contribution in [0.1, 0.15) is 25.3 Å². The first-order valence-electron chi connectivity index (χ1n) is 6.50. The number of hydrogen-bond acceptors (Lipinski definition) is 2. The summed E-state index contributed by atoms with van der Waals surface area (Å²) in [6.07, 6.45) is 2.19. The van der Waals surface area contributed by atoms with Crippen molar-refractivity contribution >= 4 is 11.7 Å². The van der Waals surface area contributed by atoms with Crippen LogP contribution in [0.3, 0.4) is 0 Å². The summed E-state index contributed by atoms with van der Waals surface area (Å²) in [5.41, 5.74) is 1.87. The number of benzene rings is 1. The van der Waals surface area contributed by atoms with Crippen LogP contribution in [0.25, 0.3) is 0 Å². The van der Waals surface area contributed by atoms with E-state index in [1.807, 2.05) is 36.9 Å². The summed E-state index contributed by atoms with van der Waals surface area (Å²) in [6, 6.07) is 5.79. The Labute approximate surface area is 108 Å². The summed E-state index contributed by atoms with van der Waals surface area (Å²) < 4.78 is 5.55. The SMILES string of the molecule is CCOc1cc(C)ccc1NC(=O)N1CCCC1. The maximum absolute atomic E-state index is 12.0. The lowest BCUT2D eigenvalue weighted by Crippen LogP contribution is -2.32. The number of anilines is 1. The number of urea groups is 1. The van der Waals surface area contributed by atoms with Gasteiger partial charge in [-0.25, -0.2) is 4.79 Å². The molecule has 2 amide bonds. The molecule has 2 rings (SSSR count). The Morgan fingerprint density at radius 1 is 1.39 bits per heavy atom. The zero-order valence-electron chi connectivity index (χ0n) is 11.0. The van der Waals surface area contributed by atoms with Crippen LogP contribution < -0.4 is 10.1 Å². The van der Waals surface area contributed by atoms with E-state index < -0.39 is 0 Å². The van der Waals surface area contributed by atoms with Crippen molar-refractivity contribution < 1.29 is 9.53 Å². The molecule has 1 aliphatic rings. The molecular weight excluding hydrogens is 228 g/mol. The van der Waals surface area contributed by atoms with Crippen LogP contribution >= 0.6 is 0 Å². The second kappa shape index (κ2) is 5.76. The molecule has 0 radical (unpaired) electrons. The van der Waals surface area contributed by atoms with Crippen molar-refractivity contribution in [3.63, 3.8) is 0 Å². The van der Waals surface area contributed by atoms with Gasteiger partial charge in [0.05, 0.1) is 12.3 Å². The van der Waals surface area contributed by atoms with Gasteiger partial charge in [-0.3, -0.25) is 0 Å². The number of nitrogens with one attached hydrogen (secondary N) is 1. The molecule has 1 saturated heterocycles. The Morgan fingerprint density at radius 3 is 2.78 bits per heavy atom. The average Bonchev–Trinajstić information content (AvgIpc) is 2.86. The minimum absolute atomic E-state index is 0.0303. The van der Waals surface area contributed by atoms with E-state index >= 15 is 0 Å². The van der Waals surface area contributed by atoms with E-state index in [0.29, 0.717) is 6.61 Å². The second-order valence-electron chi connectivity index (χ2n) is 4.56. The minimum atomic E-state index is -0.0303. The number of nitrogens with zero attached hydrogens (tertiary/aromatic N) is 1. The Bertz CT molecular complexity index is 426. The zero-order valence-corrected chi connectivity index (χ0v) is 11.0. The van der Waals surface area contributed by atoms with E-state index in [-0.39, 0.29) is 6.03 Å². The molecule has 98 valence electrons. The number of rotatable bonds is 3. The fourth-order valence-electron chi connectivity index (χ4n) is 2.12. The number of likely N-dealkylation sites (tertiary alicyclic amines) is 1. The highest BCUT2D eigenvalue weighted by Crippen LogP contribution is 2.26. The lowest BCUT2D eigenvalue weighted by molar-refractivity contribution is 0.222. The summed E-state index contributed by atoms with van der Waals surface area (Å²) in [4.78, 5) is 13.9. The van der Waals surface area contributed by atoms with Gasteiger partial charge in [-0.2, -0.15) is 0 Å². The molecule has 0 bridgehead atoms. The van der Waals surface area contributed by atoms with Gasteiger partial charge in [0.2, 0.25) is 0 Å². The van der Waals surface area contributed by atoms with Gasteiger partial charge in [-0.1, -0.05) is 6.07 Å². The van der Waals surface area contributed by atoms with Crippen LogP contribution in [0.2, 0.25) is 0 Å². The molecule has 1 aromatic rings. The lowest BCUT2D eigenvalue weighted by atomic mass is 10.2. The van der Waals surface area contributed by atoms with Crippen molar-refractivity contribution in [3.8, 4) is 5.75 Å². The second-order valence-corrected chi connectivity index (χ2v) is 4.56. The minimum Gasteiger partial charge on any atom is -0.492 e. The smallest absolute Gasteiger partial charge is 0.321 e. The average molecular weight is 248 g/mol. The quantitative estimate of drug-likeness (QED) is 0.893. The van der Waals surface area contributed by atoms with Crippen molar-refractivity contribution in [2.75, 3.05) is 25.0 Å². The third kappa shape index (κ3) is 2.94. The Kier molecular flexibility index (Phi) is 4.07. The van der Waals surface area contributed by atoms with Crippen LogP contribution in [0.15, 0.2) is 18.2 Å². The van der Waals surface area contributed by atoms with Crippen LogP contribution in [0, 0.1) is 6.92 Å². The van der Waals surface area contributed by atoms with Gasteiger partial charge in [0, 0.05) is 13.1 Å². The van der Waals surface area contributed by atoms with Gasteiger partial charge in [-0.05, 0) is 44.4 Å². The Hall–Kier alpha value is -1.71. The van der Waals surface area contributed by atoms with E-state index in [2.05, 4.69) is 5.32 Å². The van der Waals surface area contributed by atoms with Gasteiger partial charge in [0.15, 0.2) is 0 Å². The Balaban J connectivity index is 2.09. The molecule has 0 atom stereocenters. The molecule has 4 nitrogen and oxygen atoms in total. The molecule has 4 heteroatoms. The molecule has 0 saturated carbocycles. The van der Waals surface area contributed by atoms with Crippen LogP contribution in [-0.4, -0.2) is 30.6 Å². The number of hydrogen-bond donors (Lipinski definition) is 1. The number of carbonyl (C=O) groups excluding carboxylic acids is 1. The van der Waals surface area contributed by atoms with Gasteiger partial charge >= 0.3 is 6.03 Å². The standard InChI is InChI=1S/C14H20N2O2/c1-3-18-13-10-11(2)6-7-12(13)15-14(17)16-8-4-5-9-16/h6-7,10H,3-5,8-9H2,1-2H3,(H,15,17). The van der Waals surface area contributed by atoms with Crippen molar-refractivity contribution in [1.82, 2.24) is 4.90 Å². The van der Waals surface area contributed by atoms with E-state index in [1.165, 1.54) is 0 Å². The summed E-state index contributed by atoms with van der Waals surface area (Å²) in [7, 11) is 0. The van der Waals surface area contributed by atoms with Crippen molar-refractivity contribution in [3.05, 3.63) is 23.8 Å². The molecule has 1 heterocycles. The topological polar surface area (TPSA) is 41.6 Å². The fraction of sp³-hybridized carbons (Fsp3) is 0.500. The molecular formula is C14H20N2O2. The molecule has 0 unspecified atom stereocenters. The number of aryl methyl sites for hydroxylation is 1. The number of ether oxygens (including phenoxy) is 1. The largest absolute Gasteiger partial charge is 0.492 e. The summed E-state index contributed by atoms with van der Waals surface area (Å²) >= 11 is 0. The van der Waals surface area contributed by atoms with E-state index in [1.54, 1.807) is 0 Å². The molecule has 1 N–H and O–H groups in total. The third-order valence-corrected chi connectivity index (χ3v) is 3.07. The fourth-order valence-corrected chi connectivity index (χ4v) is 2.12. The molecule has 0 aromatic heterocycles. The predicted molar refractivity (Wildman–Crippen MR) is 72.2 cm³/mol. The summed E-state index contributed by atoms with van der Waals surface area (Å²) in [5, 5.41) is 2.93. The van der Waals surface area contributed by atoms with Crippen molar-refractivity contribution in [1.29, 1.82) is 0 Å². The van der Waals surface area contributed by atoms with Crippen LogP contribution in [0.5, 0.6) is 5.75 Å². The highest BCUT2D eigenvalue weighted by Gasteiger charge is 2.18. The molecule has 1 aliphatic heterocycles. The monoisotopic (exact) mass is 248 g/mol. The van der Waals surface area contributed by atoms with Crippen LogP contribution in [-0.2, 0) is 0 Å². The number of amides is 2. The summed E-state index contributed by atoms with van der Waals surface area (Å²) in [6.45, 7) is 6.24. The molecule has 0 spiro atoms. The first kappa shape index (κ1) is 12.7.